The van der Waals surface area contributed by atoms with E-state index in [4.69, 9.17) is 18.9 Å². The second-order valence-electron chi connectivity index (χ2n) is 6.77. The molecule has 3 rings (SSSR count). The molecule has 150 valence electrons. The number of carbonyl (C=O) groups is 1. The highest BCUT2D eigenvalue weighted by Gasteiger charge is 2.46. The smallest absolute Gasteiger partial charge is 0.217 e. The summed E-state index contributed by atoms with van der Waals surface area (Å²) in [6.07, 6.45) is -1.32. The minimum absolute atomic E-state index is 0.158. The van der Waals surface area contributed by atoms with Crippen LogP contribution in [0.5, 0.6) is 0 Å². The summed E-state index contributed by atoms with van der Waals surface area (Å²) in [7, 11) is 1.56. The molecule has 6 nitrogen and oxygen atoms in total. The lowest BCUT2D eigenvalue weighted by molar-refractivity contribution is -0.143. The molecular weight excluding hydrogens is 358 g/mol. The van der Waals surface area contributed by atoms with Gasteiger partial charge in [-0.1, -0.05) is 60.7 Å². The molecule has 0 radical (unpaired) electrons. The molecule has 1 N–H and O–H groups in total. The Morgan fingerprint density at radius 3 is 2.18 bits per heavy atom. The zero-order valence-electron chi connectivity index (χ0n) is 16.2. The van der Waals surface area contributed by atoms with E-state index in [0.29, 0.717) is 19.8 Å². The maximum Gasteiger partial charge on any atom is 0.217 e. The van der Waals surface area contributed by atoms with Gasteiger partial charge in [-0.15, -0.1) is 0 Å². The van der Waals surface area contributed by atoms with Crippen molar-refractivity contribution in [2.24, 2.45) is 0 Å². The fourth-order valence-corrected chi connectivity index (χ4v) is 3.29. The Labute approximate surface area is 165 Å². The van der Waals surface area contributed by atoms with Gasteiger partial charge in [-0.05, 0) is 11.1 Å². The predicted octanol–water partition coefficient (Wildman–Crippen LogP) is 2.66. The van der Waals surface area contributed by atoms with Gasteiger partial charge in [-0.3, -0.25) is 4.79 Å². The lowest BCUT2D eigenvalue weighted by Gasteiger charge is -2.24. The molecule has 2 aromatic carbocycles. The topological polar surface area (TPSA) is 66.0 Å². The standard InChI is InChI=1S/C22H27NO5/c1-16(24)23-20-21(27-14-18-11-7-4-8-12-18)19(28-22(20)25-2)15-26-13-17-9-5-3-6-10-17/h3-12,19-22H,13-15H2,1-2H3,(H,23,24)/t19-,20+,21+,22-/m1/s1. The molecule has 28 heavy (non-hydrogen) atoms. The third-order valence-corrected chi connectivity index (χ3v) is 4.60. The van der Waals surface area contributed by atoms with E-state index in [9.17, 15) is 4.79 Å². The second-order valence-corrected chi connectivity index (χ2v) is 6.77. The highest BCUT2D eigenvalue weighted by atomic mass is 16.7. The first-order valence-electron chi connectivity index (χ1n) is 9.40. The van der Waals surface area contributed by atoms with Crippen molar-refractivity contribution in [3.05, 3.63) is 71.8 Å². The van der Waals surface area contributed by atoms with Crippen molar-refractivity contribution in [3.8, 4) is 0 Å². The van der Waals surface area contributed by atoms with Crippen LogP contribution in [0.3, 0.4) is 0 Å². The van der Waals surface area contributed by atoms with Crippen molar-refractivity contribution in [2.75, 3.05) is 13.7 Å². The molecule has 0 spiro atoms. The van der Waals surface area contributed by atoms with Crippen LogP contribution in [0.4, 0.5) is 0 Å². The average Bonchev–Trinajstić information content (AvgIpc) is 3.04. The van der Waals surface area contributed by atoms with Crippen LogP contribution in [0.25, 0.3) is 0 Å². The number of carbonyl (C=O) groups excluding carboxylic acids is 1. The molecule has 0 unspecified atom stereocenters. The van der Waals surface area contributed by atoms with Gasteiger partial charge in [-0.25, -0.2) is 0 Å². The molecule has 2 aromatic rings. The molecule has 4 atom stereocenters. The van der Waals surface area contributed by atoms with Crippen molar-refractivity contribution in [2.45, 2.75) is 44.7 Å². The molecule has 1 heterocycles. The Balaban J connectivity index is 1.65. The first-order chi connectivity index (χ1) is 13.7. The fraction of sp³-hybridized carbons (Fsp3) is 0.409. The number of rotatable bonds is 9. The summed E-state index contributed by atoms with van der Waals surface area (Å²) in [5, 5.41) is 2.90. The maximum atomic E-state index is 11.7. The number of methoxy groups -OCH3 is 1. The molecule has 6 heteroatoms. The minimum atomic E-state index is -0.588. The van der Waals surface area contributed by atoms with Gasteiger partial charge in [-0.2, -0.15) is 0 Å². The first kappa shape index (κ1) is 20.5. The summed E-state index contributed by atoms with van der Waals surface area (Å²) in [4.78, 5) is 11.7. The number of nitrogens with one attached hydrogen (secondary N) is 1. The van der Waals surface area contributed by atoms with E-state index in [1.165, 1.54) is 6.92 Å². The Morgan fingerprint density at radius 1 is 1.00 bits per heavy atom. The molecule has 1 amide bonds. The summed E-state index contributed by atoms with van der Waals surface area (Å²) in [6, 6.07) is 19.4. The zero-order chi connectivity index (χ0) is 19.8. The van der Waals surface area contributed by atoms with E-state index in [1.807, 2.05) is 60.7 Å². The van der Waals surface area contributed by atoms with Crippen molar-refractivity contribution in [1.82, 2.24) is 5.32 Å². The summed E-state index contributed by atoms with van der Waals surface area (Å²) in [6.45, 7) is 2.70. The van der Waals surface area contributed by atoms with E-state index in [-0.39, 0.29) is 18.1 Å². The molecule has 1 saturated heterocycles. The van der Waals surface area contributed by atoms with E-state index in [0.717, 1.165) is 11.1 Å². The lowest BCUT2D eigenvalue weighted by Crippen LogP contribution is -2.49. The van der Waals surface area contributed by atoms with Gasteiger partial charge in [0.05, 0.1) is 19.8 Å². The molecule has 1 fully saturated rings. The molecule has 0 aliphatic carbocycles. The SMILES string of the molecule is CO[C@@H]1O[C@H](COCc2ccccc2)[C@H](OCc2ccccc2)[C@@H]1NC(C)=O. The van der Waals surface area contributed by atoms with Crippen molar-refractivity contribution in [1.29, 1.82) is 0 Å². The van der Waals surface area contributed by atoms with Crippen LogP contribution in [0, 0.1) is 0 Å². The number of ether oxygens (including phenoxy) is 4. The summed E-state index contributed by atoms with van der Waals surface area (Å²) in [5.74, 6) is -0.158. The third-order valence-electron chi connectivity index (χ3n) is 4.60. The van der Waals surface area contributed by atoms with Crippen LogP contribution in [0.15, 0.2) is 60.7 Å². The Hall–Kier alpha value is -2.25. The maximum absolute atomic E-state index is 11.7. The van der Waals surface area contributed by atoms with E-state index in [1.54, 1.807) is 7.11 Å². The van der Waals surface area contributed by atoms with Crippen LogP contribution < -0.4 is 5.32 Å². The number of benzene rings is 2. The fourth-order valence-electron chi connectivity index (χ4n) is 3.29. The van der Waals surface area contributed by atoms with Crippen molar-refractivity contribution < 1.29 is 23.7 Å². The molecule has 0 bridgehead atoms. The van der Waals surface area contributed by atoms with Gasteiger partial charge in [0, 0.05) is 14.0 Å². The summed E-state index contributed by atoms with van der Waals surface area (Å²) >= 11 is 0. The van der Waals surface area contributed by atoms with E-state index in [2.05, 4.69) is 5.32 Å². The number of hydrogen-bond acceptors (Lipinski definition) is 5. The predicted molar refractivity (Wildman–Crippen MR) is 104 cm³/mol. The number of amides is 1. The van der Waals surface area contributed by atoms with Crippen LogP contribution in [-0.4, -0.2) is 44.2 Å². The second kappa shape index (κ2) is 10.3. The molecule has 1 aliphatic heterocycles. The third kappa shape index (κ3) is 5.62. The van der Waals surface area contributed by atoms with Gasteiger partial charge in [0.15, 0.2) is 6.29 Å². The quantitative estimate of drug-likeness (QED) is 0.719. The Kier molecular flexibility index (Phi) is 7.56. The Morgan fingerprint density at radius 2 is 1.61 bits per heavy atom. The Bertz CT molecular complexity index is 724. The van der Waals surface area contributed by atoms with Crippen LogP contribution in [-0.2, 0) is 37.0 Å². The van der Waals surface area contributed by atoms with Crippen LogP contribution in [0.1, 0.15) is 18.1 Å². The van der Waals surface area contributed by atoms with Gasteiger partial charge in [0.2, 0.25) is 5.91 Å². The molecule has 1 aliphatic rings. The largest absolute Gasteiger partial charge is 0.374 e. The van der Waals surface area contributed by atoms with Gasteiger partial charge >= 0.3 is 0 Å². The van der Waals surface area contributed by atoms with Gasteiger partial charge in [0.1, 0.15) is 18.2 Å². The van der Waals surface area contributed by atoms with Crippen LogP contribution in [0.2, 0.25) is 0 Å². The molecule has 0 aromatic heterocycles. The molecular formula is C22H27NO5. The first-order valence-corrected chi connectivity index (χ1v) is 9.40. The summed E-state index contributed by atoms with van der Waals surface area (Å²) in [5.41, 5.74) is 2.14. The van der Waals surface area contributed by atoms with Crippen molar-refractivity contribution in [3.63, 3.8) is 0 Å². The lowest BCUT2D eigenvalue weighted by atomic mass is 10.1. The summed E-state index contributed by atoms with van der Waals surface area (Å²) < 4.78 is 23.4. The zero-order valence-corrected chi connectivity index (χ0v) is 16.2. The van der Waals surface area contributed by atoms with Crippen LogP contribution >= 0.6 is 0 Å². The molecule has 0 saturated carbocycles. The highest BCUT2D eigenvalue weighted by molar-refractivity contribution is 5.73. The number of hydrogen-bond donors (Lipinski definition) is 1. The minimum Gasteiger partial charge on any atom is -0.374 e. The van der Waals surface area contributed by atoms with Crippen molar-refractivity contribution >= 4 is 5.91 Å². The van der Waals surface area contributed by atoms with Gasteiger partial charge < -0.3 is 24.3 Å². The normalized spacial score (nSPS) is 24.2. The van der Waals surface area contributed by atoms with Gasteiger partial charge in [0.25, 0.3) is 0 Å². The monoisotopic (exact) mass is 385 g/mol. The van der Waals surface area contributed by atoms with E-state index >= 15 is 0 Å². The average molecular weight is 385 g/mol. The van der Waals surface area contributed by atoms with E-state index < -0.39 is 12.3 Å². The highest BCUT2D eigenvalue weighted by Crippen LogP contribution is 2.26.